The number of carbonyl (C=O) groups is 1. The number of anilines is 1. The normalized spacial score (nSPS) is 16.0. The number of benzene rings is 1. The lowest BCUT2D eigenvalue weighted by atomic mass is 9.90. The highest BCUT2D eigenvalue weighted by molar-refractivity contribution is 6.31. The van der Waals surface area contributed by atoms with Crippen LogP contribution in [0.4, 0.5) is 11.4 Å². The maximum absolute atomic E-state index is 13.7. The fraction of sp³-hybridized carbons (Fsp3) is 0.269. The van der Waals surface area contributed by atoms with Crippen LogP contribution in [0, 0.1) is 5.92 Å². The SMILES string of the molecule is COc1ncc(N=C(C2=C(N)C(=O)N(c3cc(Cl)c(=O)n(C)c3)[C@H]2c2ccc(Cl)cc2)C(C)C)c(OC)n1. The number of aromatic nitrogens is 3. The van der Waals surface area contributed by atoms with E-state index in [0.717, 1.165) is 5.56 Å². The highest BCUT2D eigenvalue weighted by Gasteiger charge is 2.43. The maximum Gasteiger partial charge on any atom is 0.319 e. The van der Waals surface area contributed by atoms with Crippen LogP contribution in [0.15, 0.2) is 63.8 Å². The van der Waals surface area contributed by atoms with Crippen molar-refractivity contribution >= 4 is 46.2 Å². The molecule has 198 valence electrons. The fourth-order valence-corrected chi connectivity index (χ4v) is 4.60. The summed E-state index contributed by atoms with van der Waals surface area (Å²) < 4.78 is 11.8. The van der Waals surface area contributed by atoms with Gasteiger partial charge in [0.05, 0.1) is 37.9 Å². The Morgan fingerprint density at radius 3 is 2.39 bits per heavy atom. The molecule has 1 aliphatic heterocycles. The van der Waals surface area contributed by atoms with Gasteiger partial charge in [-0.1, -0.05) is 49.2 Å². The first-order valence-electron chi connectivity index (χ1n) is 11.6. The summed E-state index contributed by atoms with van der Waals surface area (Å²) in [6, 6.07) is 7.96. The van der Waals surface area contributed by atoms with Crippen LogP contribution in [0.3, 0.4) is 0 Å². The minimum Gasteiger partial charge on any atom is -0.479 e. The molecule has 1 amide bonds. The van der Waals surface area contributed by atoms with E-state index in [-0.39, 0.29) is 34.1 Å². The van der Waals surface area contributed by atoms with Crippen LogP contribution >= 0.6 is 23.2 Å². The van der Waals surface area contributed by atoms with E-state index in [2.05, 4.69) is 9.97 Å². The number of aliphatic imine (C=N–C) groups is 1. The van der Waals surface area contributed by atoms with E-state index in [9.17, 15) is 9.59 Å². The Morgan fingerprint density at radius 2 is 1.82 bits per heavy atom. The predicted molar refractivity (Wildman–Crippen MR) is 147 cm³/mol. The molecule has 0 radical (unpaired) electrons. The van der Waals surface area contributed by atoms with Crippen molar-refractivity contribution in [2.45, 2.75) is 19.9 Å². The molecule has 2 aromatic heterocycles. The van der Waals surface area contributed by atoms with Crippen LogP contribution in [0.2, 0.25) is 10.0 Å². The summed E-state index contributed by atoms with van der Waals surface area (Å²) in [6.07, 6.45) is 3.01. The molecule has 0 saturated heterocycles. The Morgan fingerprint density at radius 1 is 1.13 bits per heavy atom. The van der Waals surface area contributed by atoms with Gasteiger partial charge in [-0.15, -0.1) is 0 Å². The highest BCUT2D eigenvalue weighted by atomic mass is 35.5. The first kappa shape index (κ1) is 27.2. The number of rotatable bonds is 7. The number of amides is 1. The van der Waals surface area contributed by atoms with Crippen molar-refractivity contribution in [1.82, 2.24) is 14.5 Å². The van der Waals surface area contributed by atoms with E-state index < -0.39 is 11.9 Å². The Hall–Kier alpha value is -3.89. The lowest BCUT2D eigenvalue weighted by molar-refractivity contribution is -0.114. The van der Waals surface area contributed by atoms with Crippen molar-refractivity contribution in [1.29, 1.82) is 0 Å². The third kappa shape index (κ3) is 4.97. The zero-order valence-corrected chi connectivity index (χ0v) is 22.9. The Bertz CT molecular complexity index is 1490. The van der Waals surface area contributed by atoms with E-state index in [1.54, 1.807) is 19.2 Å². The molecule has 1 aromatic carbocycles. The van der Waals surface area contributed by atoms with E-state index in [1.807, 2.05) is 26.0 Å². The highest BCUT2D eigenvalue weighted by Crippen LogP contribution is 2.43. The van der Waals surface area contributed by atoms with Crippen molar-refractivity contribution in [3.63, 3.8) is 0 Å². The molecule has 3 heterocycles. The second-order valence-electron chi connectivity index (χ2n) is 8.82. The summed E-state index contributed by atoms with van der Waals surface area (Å²) in [6.45, 7) is 3.87. The number of ether oxygens (including phenoxy) is 2. The Kier molecular flexibility index (Phi) is 7.75. The monoisotopic (exact) mass is 556 g/mol. The van der Waals surface area contributed by atoms with E-state index in [0.29, 0.717) is 27.7 Å². The number of halogens is 2. The smallest absolute Gasteiger partial charge is 0.319 e. The van der Waals surface area contributed by atoms with Crippen LogP contribution in [-0.4, -0.2) is 40.4 Å². The molecule has 38 heavy (non-hydrogen) atoms. The minimum atomic E-state index is -0.695. The zero-order valence-electron chi connectivity index (χ0n) is 21.4. The molecule has 12 heteroatoms. The van der Waals surface area contributed by atoms with Crippen LogP contribution in [0.5, 0.6) is 11.9 Å². The third-order valence-corrected chi connectivity index (χ3v) is 6.54. The molecule has 1 atom stereocenters. The molecule has 0 saturated carbocycles. The number of methoxy groups -OCH3 is 2. The molecular formula is C26H26Cl2N6O4. The number of hydrogen-bond acceptors (Lipinski definition) is 8. The van der Waals surface area contributed by atoms with Crippen molar-refractivity contribution in [3.8, 4) is 11.9 Å². The number of hydrogen-bond donors (Lipinski definition) is 1. The number of carbonyl (C=O) groups excluding carboxylic acids is 1. The van der Waals surface area contributed by atoms with Gasteiger partial charge in [-0.25, -0.2) is 9.98 Å². The second-order valence-corrected chi connectivity index (χ2v) is 9.67. The van der Waals surface area contributed by atoms with Gasteiger partial charge >= 0.3 is 6.01 Å². The van der Waals surface area contributed by atoms with Gasteiger partial charge in [-0.2, -0.15) is 4.98 Å². The van der Waals surface area contributed by atoms with Gasteiger partial charge in [0.15, 0.2) is 0 Å². The lowest BCUT2D eigenvalue weighted by Gasteiger charge is -2.29. The van der Waals surface area contributed by atoms with Gasteiger partial charge in [-0.3, -0.25) is 14.5 Å². The molecule has 0 bridgehead atoms. The number of nitrogens with two attached hydrogens (primary N) is 1. The van der Waals surface area contributed by atoms with Crippen LogP contribution in [-0.2, 0) is 11.8 Å². The quantitative estimate of drug-likeness (QED) is 0.431. The van der Waals surface area contributed by atoms with Gasteiger partial charge in [0.1, 0.15) is 16.4 Å². The summed E-state index contributed by atoms with van der Waals surface area (Å²) in [5.74, 6) is -0.439. The minimum absolute atomic E-state index is 0.00997. The van der Waals surface area contributed by atoms with Crippen molar-refractivity contribution < 1.29 is 14.3 Å². The summed E-state index contributed by atoms with van der Waals surface area (Å²) in [5.41, 5.74) is 8.63. The topological polar surface area (TPSA) is 125 Å². The first-order chi connectivity index (χ1) is 18.1. The number of nitrogens with zero attached hydrogens (tertiary/aromatic N) is 5. The molecule has 0 fully saturated rings. The van der Waals surface area contributed by atoms with Crippen LogP contribution in [0.25, 0.3) is 0 Å². The summed E-state index contributed by atoms with van der Waals surface area (Å²) in [4.78, 5) is 40.7. The Balaban J connectivity index is 1.96. The van der Waals surface area contributed by atoms with Gasteiger partial charge in [0.2, 0.25) is 5.88 Å². The molecule has 4 rings (SSSR count). The third-order valence-electron chi connectivity index (χ3n) is 6.01. The molecule has 1 aliphatic rings. The van der Waals surface area contributed by atoms with E-state index in [1.165, 1.54) is 42.1 Å². The molecule has 0 unspecified atom stereocenters. The second kappa shape index (κ2) is 10.8. The largest absolute Gasteiger partial charge is 0.479 e. The average molecular weight is 557 g/mol. The van der Waals surface area contributed by atoms with Crippen LogP contribution < -0.4 is 25.7 Å². The van der Waals surface area contributed by atoms with Crippen molar-refractivity contribution in [2.24, 2.45) is 23.7 Å². The van der Waals surface area contributed by atoms with Gasteiger partial charge in [0.25, 0.3) is 11.5 Å². The predicted octanol–water partition coefficient (Wildman–Crippen LogP) is 4.23. The standard InChI is InChI=1S/C26H26Cl2N6O4/c1-13(2)21(31-18-11-30-26(38-5)32-23(18)37-4)19-20(29)25(36)34(16-10-17(28)24(35)33(3)12-16)22(19)14-6-8-15(27)9-7-14/h6-13,22H,29H2,1-5H3/t22-/m0/s1. The summed E-state index contributed by atoms with van der Waals surface area (Å²) in [7, 11) is 4.47. The van der Waals surface area contributed by atoms with E-state index in [4.69, 9.17) is 43.4 Å². The summed E-state index contributed by atoms with van der Waals surface area (Å²) >= 11 is 12.4. The Labute approximate surface area is 229 Å². The van der Waals surface area contributed by atoms with Crippen molar-refractivity contribution in [3.05, 3.63) is 80.0 Å². The first-order valence-corrected chi connectivity index (χ1v) is 12.3. The van der Waals surface area contributed by atoms with Gasteiger partial charge in [0, 0.05) is 23.8 Å². The molecule has 0 spiro atoms. The molecule has 10 nitrogen and oxygen atoms in total. The fourth-order valence-electron chi connectivity index (χ4n) is 4.23. The van der Waals surface area contributed by atoms with Gasteiger partial charge < -0.3 is 19.8 Å². The van der Waals surface area contributed by atoms with Gasteiger partial charge in [-0.05, 0) is 29.7 Å². The molecule has 0 aliphatic carbocycles. The van der Waals surface area contributed by atoms with E-state index >= 15 is 0 Å². The van der Waals surface area contributed by atoms with Crippen LogP contribution in [0.1, 0.15) is 25.5 Å². The van der Waals surface area contributed by atoms with Crippen molar-refractivity contribution in [2.75, 3.05) is 19.1 Å². The molecule has 3 aromatic rings. The lowest BCUT2D eigenvalue weighted by Crippen LogP contribution is -2.33. The zero-order chi connectivity index (χ0) is 27.7. The number of aryl methyl sites for hydroxylation is 1. The molecular weight excluding hydrogens is 531 g/mol. The maximum atomic E-state index is 13.7. The summed E-state index contributed by atoms with van der Waals surface area (Å²) in [5, 5.41) is 0.503. The number of pyridine rings is 1. The average Bonchev–Trinajstić information content (AvgIpc) is 3.15. The molecule has 2 N–H and O–H groups in total.